The summed E-state index contributed by atoms with van der Waals surface area (Å²) < 4.78 is 26.1. The topological polar surface area (TPSA) is 127 Å². The van der Waals surface area contributed by atoms with Crippen molar-refractivity contribution in [1.29, 1.82) is 0 Å². The van der Waals surface area contributed by atoms with Crippen molar-refractivity contribution in [2.75, 3.05) is 0 Å². The van der Waals surface area contributed by atoms with Crippen LogP contribution < -0.4 is 10.5 Å². The molecule has 0 aliphatic heterocycles. The number of carbonyl (C=O) groups excluding carboxylic acids is 1. The Kier molecular flexibility index (Phi) is 5.23. The van der Waals surface area contributed by atoms with Gasteiger partial charge in [-0.3, -0.25) is 9.59 Å². The zero-order valence-corrected chi connectivity index (χ0v) is 11.7. The second-order valence-electron chi connectivity index (χ2n) is 4.33. The number of nitrogens with two attached hydrogens (primary N) is 1. The van der Waals surface area contributed by atoms with Gasteiger partial charge in [0.2, 0.25) is 15.9 Å². The van der Waals surface area contributed by atoms with Crippen LogP contribution in [0.1, 0.15) is 18.4 Å². The number of aliphatic carboxylic acids is 1. The number of nitrogens with one attached hydrogen (secondary N) is 1. The molecule has 20 heavy (non-hydrogen) atoms. The molecule has 0 heterocycles. The van der Waals surface area contributed by atoms with Crippen LogP contribution in [0.5, 0.6) is 0 Å². The summed E-state index contributed by atoms with van der Waals surface area (Å²) in [4.78, 5) is 21.6. The van der Waals surface area contributed by atoms with E-state index in [0.29, 0.717) is 0 Å². The molecule has 8 heteroatoms. The minimum atomic E-state index is -3.95. The molecule has 0 saturated heterocycles. The van der Waals surface area contributed by atoms with Crippen molar-refractivity contribution in [3.05, 3.63) is 29.8 Å². The maximum Gasteiger partial charge on any atom is 0.321 e. The lowest BCUT2D eigenvalue weighted by Gasteiger charge is -2.14. The van der Waals surface area contributed by atoms with Gasteiger partial charge in [0.05, 0.1) is 4.90 Å². The Hall–Kier alpha value is -1.93. The molecule has 0 fully saturated rings. The van der Waals surface area contributed by atoms with Crippen LogP contribution in [-0.4, -0.2) is 31.4 Å². The molecule has 110 valence electrons. The maximum absolute atomic E-state index is 12.0. The SMILES string of the molecule is Cc1ccc(S(=O)(=O)N[C@@H](CCC(N)=O)C(=O)O)cc1. The molecule has 0 aliphatic rings. The van der Waals surface area contributed by atoms with Gasteiger partial charge in [-0.05, 0) is 25.5 Å². The third kappa shape index (κ3) is 4.63. The summed E-state index contributed by atoms with van der Waals surface area (Å²) in [5.41, 5.74) is 5.81. The highest BCUT2D eigenvalue weighted by Gasteiger charge is 2.25. The van der Waals surface area contributed by atoms with Crippen LogP contribution in [0.2, 0.25) is 0 Å². The molecule has 1 rings (SSSR count). The van der Waals surface area contributed by atoms with Gasteiger partial charge in [-0.15, -0.1) is 0 Å². The zero-order valence-electron chi connectivity index (χ0n) is 10.9. The minimum absolute atomic E-state index is 0.0339. The van der Waals surface area contributed by atoms with Crippen LogP contribution in [0.4, 0.5) is 0 Å². The van der Waals surface area contributed by atoms with Crippen molar-refractivity contribution in [3.63, 3.8) is 0 Å². The summed E-state index contributed by atoms with van der Waals surface area (Å²) in [7, 11) is -3.95. The molecule has 0 spiro atoms. The van der Waals surface area contributed by atoms with E-state index in [9.17, 15) is 18.0 Å². The van der Waals surface area contributed by atoms with Crippen LogP contribution >= 0.6 is 0 Å². The van der Waals surface area contributed by atoms with Crippen molar-refractivity contribution in [2.24, 2.45) is 5.73 Å². The number of sulfonamides is 1. The lowest BCUT2D eigenvalue weighted by molar-refractivity contribution is -0.139. The van der Waals surface area contributed by atoms with E-state index in [0.717, 1.165) is 5.56 Å². The number of aryl methyl sites for hydroxylation is 1. The predicted octanol–water partition coefficient (Wildman–Crippen LogP) is -0.00798. The van der Waals surface area contributed by atoms with Gasteiger partial charge in [0.15, 0.2) is 0 Å². The van der Waals surface area contributed by atoms with E-state index in [2.05, 4.69) is 0 Å². The van der Waals surface area contributed by atoms with Gasteiger partial charge >= 0.3 is 5.97 Å². The van der Waals surface area contributed by atoms with Crippen LogP contribution in [0.15, 0.2) is 29.2 Å². The van der Waals surface area contributed by atoms with Gasteiger partial charge in [-0.2, -0.15) is 4.72 Å². The molecule has 0 aliphatic carbocycles. The van der Waals surface area contributed by atoms with Gasteiger partial charge in [0, 0.05) is 6.42 Å². The van der Waals surface area contributed by atoms with Gasteiger partial charge in [-0.25, -0.2) is 8.42 Å². The van der Waals surface area contributed by atoms with Crippen LogP contribution in [0, 0.1) is 6.92 Å². The summed E-state index contributed by atoms with van der Waals surface area (Å²) in [6, 6.07) is 4.57. The second kappa shape index (κ2) is 6.49. The van der Waals surface area contributed by atoms with E-state index in [4.69, 9.17) is 10.8 Å². The average molecular weight is 300 g/mol. The van der Waals surface area contributed by atoms with Crippen molar-refractivity contribution in [2.45, 2.75) is 30.7 Å². The fourth-order valence-electron chi connectivity index (χ4n) is 1.49. The molecule has 1 amide bonds. The summed E-state index contributed by atoms with van der Waals surface area (Å²) in [6.07, 6.45) is -0.414. The maximum atomic E-state index is 12.0. The predicted molar refractivity (Wildman–Crippen MR) is 71.4 cm³/mol. The fraction of sp³-hybridized carbons (Fsp3) is 0.333. The van der Waals surface area contributed by atoms with Crippen LogP contribution in [0.25, 0.3) is 0 Å². The monoisotopic (exact) mass is 300 g/mol. The summed E-state index contributed by atoms with van der Waals surface area (Å²) in [6.45, 7) is 1.80. The second-order valence-corrected chi connectivity index (χ2v) is 6.04. The van der Waals surface area contributed by atoms with Crippen molar-refractivity contribution in [1.82, 2.24) is 4.72 Å². The first-order valence-electron chi connectivity index (χ1n) is 5.82. The van der Waals surface area contributed by atoms with E-state index >= 15 is 0 Å². The standard InChI is InChI=1S/C12H16N2O5S/c1-8-2-4-9(5-3-8)20(18,19)14-10(12(16)17)6-7-11(13)15/h2-5,10,14H,6-7H2,1H3,(H2,13,15)(H,16,17)/t10-/m0/s1. The molecule has 7 nitrogen and oxygen atoms in total. The number of benzene rings is 1. The van der Waals surface area contributed by atoms with E-state index in [1.54, 1.807) is 19.1 Å². The Bertz CT molecular complexity index is 595. The molecule has 0 bridgehead atoms. The lowest BCUT2D eigenvalue weighted by Crippen LogP contribution is -2.41. The molecule has 1 aromatic carbocycles. The van der Waals surface area contributed by atoms with Crippen molar-refractivity contribution < 1.29 is 23.1 Å². The summed E-state index contributed by atoms with van der Waals surface area (Å²) in [5, 5.41) is 8.96. The highest BCUT2D eigenvalue weighted by molar-refractivity contribution is 7.89. The lowest BCUT2D eigenvalue weighted by atomic mass is 10.2. The quantitative estimate of drug-likeness (QED) is 0.653. The van der Waals surface area contributed by atoms with Crippen LogP contribution in [0.3, 0.4) is 0 Å². The smallest absolute Gasteiger partial charge is 0.321 e. The van der Waals surface area contributed by atoms with E-state index in [-0.39, 0.29) is 17.7 Å². The molecular formula is C12H16N2O5S. The first-order chi connectivity index (χ1) is 9.22. The highest BCUT2D eigenvalue weighted by atomic mass is 32.2. The molecule has 0 unspecified atom stereocenters. The number of primary amides is 1. The first-order valence-corrected chi connectivity index (χ1v) is 7.31. The normalized spacial score (nSPS) is 12.8. The van der Waals surface area contributed by atoms with Crippen molar-refractivity contribution >= 4 is 21.9 Å². The largest absolute Gasteiger partial charge is 0.480 e. The van der Waals surface area contributed by atoms with Gasteiger partial charge in [-0.1, -0.05) is 17.7 Å². The number of amides is 1. The Morgan fingerprint density at radius 2 is 1.85 bits per heavy atom. The molecule has 0 saturated carbocycles. The molecule has 1 aromatic rings. The van der Waals surface area contributed by atoms with Crippen molar-refractivity contribution in [3.8, 4) is 0 Å². The third-order valence-corrected chi connectivity index (χ3v) is 4.09. The molecule has 4 N–H and O–H groups in total. The number of hydrogen-bond donors (Lipinski definition) is 3. The molecular weight excluding hydrogens is 284 g/mol. The number of carboxylic acid groups (broad SMARTS) is 1. The molecule has 0 aromatic heterocycles. The highest BCUT2D eigenvalue weighted by Crippen LogP contribution is 2.11. The van der Waals surface area contributed by atoms with E-state index in [1.807, 2.05) is 4.72 Å². The summed E-state index contributed by atoms with van der Waals surface area (Å²) >= 11 is 0. The fourth-order valence-corrected chi connectivity index (χ4v) is 2.72. The van der Waals surface area contributed by atoms with E-state index < -0.39 is 27.9 Å². The van der Waals surface area contributed by atoms with Gasteiger partial charge < -0.3 is 10.8 Å². The Balaban J connectivity index is 2.88. The molecule has 1 atom stereocenters. The van der Waals surface area contributed by atoms with Crippen LogP contribution in [-0.2, 0) is 19.6 Å². The first kappa shape index (κ1) is 16.1. The summed E-state index contributed by atoms with van der Waals surface area (Å²) in [5.74, 6) is -2.05. The average Bonchev–Trinajstić information content (AvgIpc) is 2.34. The Morgan fingerprint density at radius 1 is 1.30 bits per heavy atom. The molecule has 0 radical (unpaired) electrons. The number of carboxylic acids is 1. The van der Waals surface area contributed by atoms with E-state index in [1.165, 1.54) is 12.1 Å². The third-order valence-electron chi connectivity index (χ3n) is 2.61. The minimum Gasteiger partial charge on any atom is -0.480 e. The Morgan fingerprint density at radius 3 is 2.30 bits per heavy atom. The number of carbonyl (C=O) groups is 2. The number of hydrogen-bond acceptors (Lipinski definition) is 4. The van der Waals surface area contributed by atoms with Gasteiger partial charge in [0.25, 0.3) is 0 Å². The Labute approximate surface area is 116 Å². The van der Waals surface area contributed by atoms with Gasteiger partial charge in [0.1, 0.15) is 6.04 Å². The zero-order chi connectivity index (χ0) is 15.3. The number of rotatable bonds is 7.